The van der Waals surface area contributed by atoms with Crippen molar-refractivity contribution in [1.29, 1.82) is 0 Å². The van der Waals surface area contributed by atoms with Crippen LogP contribution in [0.4, 0.5) is 0 Å². The minimum Gasteiger partial charge on any atom is -0.455 e. The van der Waals surface area contributed by atoms with Crippen molar-refractivity contribution < 1.29 is 8.83 Å². The fourth-order valence-corrected chi connectivity index (χ4v) is 7.86. The van der Waals surface area contributed by atoms with Gasteiger partial charge in [-0.05, 0) is 46.5 Å². The summed E-state index contributed by atoms with van der Waals surface area (Å²) in [5.74, 6) is 2.34. The van der Waals surface area contributed by atoms with Crippen molar-refractivity contribution in [3.05, 3.63) is 194 Å². The SMILES string of the molecule is c1ccc(-c2nc(-c3ccccc3)nc(-c3cccc4oc5c(-c6cccc7nc(-c8ccc(-c9ccccc9-c9ccccc9)cc8)oc67)cccc5c34)n2)cc1. The number of nitrogens with zero attached hydrogens (tertiary/aromatic N) is 4. The number of fused-ring (bicyclic) bond motifs is 4. The van der Waals surface area contributed by atoms with Crippen molar-refractivity contribution in [1.82, 2.24) is 19.9 Å². The topological polar surface area (TPSA) is 77.8 Å². The Morgan fingerprint density at radius 3 is 1.43 bits per heavy atom. The molecular weight excluding hydrogens is 713 g/mol. The third-order valence-electron chi connectivity index (χ3n) is 10.6. The molecule has 6 nitrogen and oxygen atoms in total. The van der Waals surface area contributed by atoms with Gasteiger partial charge in [0, 0.05) is 44.2 Å². The van der Waals surface area contributed by atoms with Crippen LogP contribution in [0.1, 0.15) is 0 Å². The number of aromatic nitrogens is 4. The third kappa shape index (κ3) is 5.83. The molecule has 272 valence electrons. The van der Waals surface area contributed by atoms with E-state index in [0.717, 1.165) is 66.4 Å². The van der Waals surface area contributed by atoms with Gasteiger partial charge in [-0.3, -0.25) is 0 Å². The van der Waals surface area contributed by atoms with Crippen LogP contribution < -0.4 is 0 Å². The maximum atomic E-state index is 6.73. The molecule has 0 spiro atoms. The molecule has 0 saturated heterocycles. The smallest absolute Gasteiger partial charge is 0.227 e. The van der Waals surface area contributed by atoms with Crippen LogP contribution in [0.15, 0.2) is 203 Å². The lowest BCUT2D eigenvalue weighted by atomic mass is 9.94. The standard InChI is InChI=1S/C52H32N4O2/c1-4-15-33(16-5-1)38-21-10-11-22-39(38)34-29-31-37(32-30-34)52-53-44-27-13-24-41(48(44)58-52)40-23-12-25-42-46-43(26-14-28-45(46)57-47(40)42)51-55-49(35-17-6-2-7-18-35)54-50(56-51)36-19-8-3-9-20-36/h1-32H. The molecular formula is C52H32N4O2. The average Bonchev–Trinajstić information content (AvgIpc) is 3.92. The van der Waals surface area contributed by atoms with Crippen LogP contribution in [0.2, 0.25) is 0 Å². The van der Waals surface area contributed by atoms with Crippen LogP contribution in [0.25, 0.3) is 112 Å². The molecule has 11 aromatic rings. The van der Waals surface area contributed by atoms with Crippen molar-refractivity contribution in [2.45, 2.75) is 0 Å². The van der Waals surface area contributed by atoms with E-state index in [1.165, 1.54) is 16.7 Å². The fourth-order valence-electron chi connectivity index (χ4n) is 7.86. The highest BCUT2D eigenvalue weighted by Crippen LogP contribution is 2.43. The lowest BCUT2D eigenvalue weighted by Gasteiger charge is -2.10. The number of benzene rings is 8. The van der Waals surface area contributed by atoms with Crippen LogP contribution in [0.3, 0.4) is 0 Å². The summed E-state index contributed by atoms with van der Waals surface area (Å²) in [6.45, 7) is 0. The second-order valence-corrected chi connectivity index (χ2v) is 14.2. The Bertz CT molecular complexity index is 3210. The van der Waals surface area contributed by atoms with Crippen molar-refractivity contribution in [3.8, 4) is 79.0 Å². The zero-order valence-electron chi connectivity index (χ0n) is 31.1. The van der Waals surface area contributed by atoms with Crippen molar-refractivity contribution in [2.75, 3.05) is 0 Å². The zero-order valence-corrected chi connectivity index (χ0v) is 31.1. The maximum absolute atomic E-state index is 6.73. The van der Waals surface area contributed by atoms with Gasteiger partial charge < -0.3 is 8.83 Å². The summed E-state index contributed by atoms with van der Waals surface area (Å²) in [5, 5.41) is 1.89. The summed E-state index contributed by atoms with van der Waals surface area (Å²) < 4.78 is 13.4. The summed E-state index contributed by atoms with van der Waals surface area (Å²) in [7, 11) is 0. The Balaban J connectivity index is 1.01. The number of furan rings is 1. The highest BCUT2D eigenvalue weighted by Gasteiger charge is 2.21. The van der Waals surface area contributed by atoms with Gasteiger partial charge in [0.2, 0.25) is 5.89 Å². The summed E-state index contributed by atoms with van der Waals surface area (Å²) in [4.78, 5) is 20.0. The van der Waals surface area contributed by atoms with E-state index in [1.807, 2.05) is 91.0 Å². The summed E-state index contributed by atoms with van der Waals surface area (Å²) in [6, 6.07) is 65.8. The number of hydrogen-bond donors (Lipinski definition) is 0. The molecule has 0 aliphatic heterocycles. The van der Waals surface area contributed by atoms with Gasteiger partial charge in [-0.2, -0.15) is 0 Å². The van der Waals surface area contributed by atoms with Crippen molar-refractivity contribution >= 4 is 33.0 Å². The Hall–Kier alpha value is -7.96. The normalized spacial score (nSPS) is 11.4. The predicted octanol–water partition coefficient (Wildman–Crippen LogP) is 13.6. The van der Waals surface area contributed by atoms with Crippen molar-refractivity contribution in [2.24, 2.45) is 0 Å². The minimum atomic E-state index is 0.558. The van der Waals surface area contributed by atoms with E-state index in [4.69, 9.17) is 28.8 Å². The van der Waals surface area contributed by atoms with Crippen molar-refractivity contribution in [3.63, 3.8) is 0 Å². The van der Waals surface area contributed by atoms with Crippen LogP contribution in [-0.4, -0.2) is 19.9 Å². The average molecular weight is 745 g/mol. The summed E-state index contributed by atoms with van der Waals surface area (Å²) in [6.07, 6.45) is 0. The van der Waals surface area contributed by atoms with Crippen LogP contribution in [-0.2, 0) is 0 Å². The summed E-state index contributed by atoms with van der Waals surface area (Å²) in [5.41, 5.74) is 13.0. The zero-order chi connectivity index (χ0) is 38.4. The van der Waals surface area contributed by atoms with E-state index < -0.39 is 0 Å². The minimum absolute atomic E-state index is 0.558. The van der Waals surface area contributed by atoms with Gasteiger partial charge in [0.25, 0.3) is 0 Å². The predicted molar refractivity (Wildman–Crippen MR) is 233 cm³/mol. The first-order valence-corrected chi connectivity index (χ1v) is 19.2. The monoisotopic (exact) mass is 744 g/mol. The van der Waals surface area contributed by atoms with E-state index in [-0.39, 0.29) is 0 Å². The molecule has 6 heteroatoms. The van der Waals surface area contributed by atoms with E-state index in [2.05, 4.69) is 103 Å². The molecule has 8 aromatic carbocycles. The first kappa shape index (κ1) is 33.4. The number of hydrogen-bond acceptors (Lipinski definition) is 6. The van der Waals surface area contributed by atoms with E-state index in [9.17, 15) is 0 Å². The van der Waals surface area contributed by atoms with Gasteiger partial charge in [0.1, 0.15) is 16.7 Å². The van der Waals surface area contributed by atoms with E-state index in [1.54, 1.807) is 0 Å². The van der Waals surface area contributed by atoms with Crippen LogP contribution in [0, 0.1) is 0 Å². The number of oxazole rings is 1. The van der Waals surface area contributed by atoms with Gasteiger partial charge in [-0.25, -0.2) is 19.9 Å². The molecule has 58 heavy (non-hydrogen) atoms. The number of rotatable bonds is 7. The second kappa shape index (κ2) is 14.0. The number of para-hydroxylation sites is 2. The molecule has 0 amide bonds. The molecule has 3 aromatic heterocycles. The molecule has 0 radical (unpaired) electrons. The van der Waals surface area contributed by atoms with Gasteiger partial charge in [0.05, 0.1) is 0 Å². The van der Waals surface area contributed by atoms with E-state index in [0.29, 0.717) is 28.9 Å². The quantitative estimate of drug-likeness (QED) is 0.162. The molecule has 3 heterocycles. The highest BCUT2D eigenvalue weighted by molar-refractivity contribution is 6.16. The van der Waals surface area contributed by atoms with Gasteiger partial charge in [0.15, 0.2) is 23.1 Å². The summed E-state index contributed by atoms with van der Waals surface area (Å²) >= 11 is 0. The molecule has 0 N–H and O–H groups in total. The largest absolute Gasteiger partial charge is 0.455 e. The first-order chi connectivity index (χ1) is 28.7. The molecule has 0 atom stereocenters. The molecule has 0 saturated carbocycles. The van der Waals surface area contributed by atoms with Gasteiger partial charge in [-0.15, -0.1) is 0 Å². The lowest BCUT2D eigenvalue weighted by Crippen LogP contribution is -2.00. The maximum Gasteiger partial charge on any atom is 0.227 e. The van der Waals surface area contributed by atoms with Crippen LogP contribution >= 0.6 is 0 Å². The molecule has 11 rings (SSSR count). The lowest BCUT2D eigenvalue weighted by molar-refractivity contribution is 0.620. The molecule has 0 unspecified atom stereocenters. The molecule has 0 bridgehead atoms. The Morgan fingerprint density at radius 1 is 0.293 bits per heavy atom. The Kier molecular flexibility index (Phi) is 8.04. The highest BCUT2D eigenvalue weighted by atomic mass is 16.3. The first-order valence-electron chi connectivity index (χ1n) is 19.2. The van der Waals surface area contributed by atoms with Gasteiger partial charge >= 0.3 is 0 Å². The van der Waals surface area contributed by atoms with E-state index >= 15 is 0 Å². The molecule has 0 aliphatic carbocycles. The Labute approximate surface area is 333 Å². The fraction of sp³-hybridized carbons (Fsp3) is 0. The second-order valence-electron chi connectivity index (χ2n) is 14.2. The Morgan fingerprint density at radius 2 is 0.776 bits per heavy atom. The van der Waals surface area contributed by atoms with Crippen LogP contribution in [0.5, 0.6) is 0 Å². The third-order valence-corrected chi connectivity index (χ3v) is 10.6. The molecule has 0 aliphatic rings. The van der Waals surface area contributed by atoms with Gasteiger partial charge in [-0.1, -0.05) is 170 Å². The molecule has 0 fully saturated rings.